The standard InChI is InChI=1S/C13H22BrN3/c1-8(2)6-7-10-16-12(9(3)4)11(14)13(15-5)17-10/h8-9H,6-7H2,1-5H3,(H,15,16,17). The zero-order valence-electron chi connectivity index (χ0n) is 11.3. The van der Waals surface area contributed by atoms with Crippen LogP contribution in [0.15, 0.2) is 4.47 Å². The Hall–Kier alpha value is -0.640. The summed E-state index contributed by atoms with van der Waals surface area (Å²) in [6.07, 6.45) is 2.07. The Morgan fingerprint density at radius 3 is 2.29 bits per heavy atom. The van der Waals surface area contributed by atoms with Gasteiger partial charge in [0.05, 0.1) is 10.2 Å². The van der Waals surface area contributed by atoms with E-state index in [9.17, 15) is 0 Å². The molecule has 0 fully saturated rings. The van der Waals surface area contributed by atoms with Crippen molar-refractivity contribution in [1.29, 1.82) is 0 Å². The van der Waals surface area contributed by atoms with Crippen molar-refractivity contribution >= 4 is 21.7 Å². The van der Waals surface area contributed by atoms with Crippen LogP contribution in [-0.4, -0.2) is 17.0 Å². The summed E-state index contributed by atoms with van der Waals surface area (Å²) in [4.78, 5) is 9.19. The van der Waals surface area contributed by atoms with Crippen LogP contribution in [0.1, 0.15) is 51.6 Å². The highest BCUT2D eigenvalue weighted by Crippen LogP contribution is 2.28. The number of nitrogens with one attached hydrogen (secondary N) is 1. The number of aryl methyl sites for hydroxylation is 1. The van der Waals surface area contributed by atoms with Crippen molar-refractivity contribution < 1.29 is 0 Å². The van der Waals surface area contributed by atoms with E-state index in [1.54, 1.807) is 0 Å². The predicted molar refractivity (Wildman–Crippen MR) is 76.5 cm³/mol. The molecule has 4 heteroatoms. The Morgan fingerprint density at radius 2 is 1.82 bits per heavy atom. The Balaban J connectivity index is 3.03. The van der Waals surface area contributed by atoms with Gasteiger partial charge >= 0.3 is 0 Å². The second kappa shape index (κ2) is 6.34. The van der Waals surface area contributed by atoms with Crippen molar-refractivity contribution in [3.8, 4) is 0 Å². The molecule has 1 heterocycles. The number of rotatable bonds is 5. The van der Waals surface area contributed by atoms with Gasteiger partial charge in [-0.1, -0.05) is 27.7 Å². The first-order valence-electron chi connectivity index (χ1n) is 6.19. The maximum atomic E-state index is 4.65. The number of hydrogen-bond acceptors (Lipinski definition) is 3. The smallest absolute Gasteiger partial charge is 0.144 e. The summed E-state index contributed by atoms with van der Waals surface area (Å²) < 4.78 is 0.989. The first-order valence-corrected chi connectivity index (χ1v) is 6.99. The molecular weight excluding hydrogens is 278 g/mol. The van der Waals surface area contributed by atoms with E-state index in [4.69, 9.17) is 0 Å². The zero-order chi connectivity index (χ0) is 13.0. The van der Waals surface area contributed by atoms with Gasteiger partial charge in [-0.15, -0.1) is 0 Å². The Labute approximate surface area is 113 Å². The van der Waals surface area contributed by atoms with Crippen molar-refractivity contribution in [2.45, 2.75) is 46.5 Å². The van der Waals surface area contributed by atoms with E-state index in [2.05, 4.69) is 58.9 Å². The van der Waals surface area contributed by atoms with Gasteiger partial charge in [0, 0.05) is 13.5 Å². The summed E-state index contributed by atoms with van der Waals surface area (Å²) in [6, 6.07) is 0. The van der Waals surface area contributed by atoms with Crippen LogP contribution in [0.4, 0.5) is 5.82 Å². The van der Waals surface area contributed by atoms with Crippen LogP contribution in [0.2, 0.25) is 0 Å². The Bertz CT molecular complexity index is 375. The molecule has 0 saturated carbocycles. The van der Waals surface area contributed by atoms with Crippen molar-refractivity contribution in [2.24, 2.45) is 5.92 Å². The van der Waals surface area contributed by atoms with Crippen LogP contribution in [0.25, 0.3) is 0 Å². The quantitative estimate of drug-likeness (QED) is 0.893. The molecule has 0 radical (unpaired) electrons. The summed E-state index contributed by atoms with van der Waals surface area (Å²) in [5.41, 5.74) is 1.09. The first-order chi connectivity index (χ1) is 7.95. The van der Waals surface area contributed by atoms with E-state index in [1.807, 2.05) is 7.05 Å². The molecule has 1 aromatic rings. The summed E-state index contributed by atoms with van der Waals surface area (Å²) in [5, 5.41) is 3.12. The Kier molecular flexibility index (Phi) is 5.37. The second-order valence-electron chi connectivity index (χ2n) is 5.02. The molecule has 17 heavy (non-hydrogen) atoms. The summed E-state index contributed by atoms with van der Waals surface area (Å²) in [5.74, 6) is 2.91. The number of halogens is 1. The van der Waals surface area contributed by atoms with Gasteiger partial charge in [-0.3, -0.25) is 0 Å². The van der Waals surface area contributed by atoms with Crippen LogP contribution in [0, 0.1) is 5.92 Å². The average Bonchev–Trinajstić information content (AvgIpc) is 2.27. The number of nitrogens with zero attached hydrogens (tertiary/aromatic N) is 2. The molecule has 1 N–H and O–H groups in total. The lowest BCUT2D eigenvalue weighted by Gasteiger charge is -2.13. The van der Waals surface area contributed by atoms with E-state index in [1.165, 1.54) is 0 Å². The van der Waals surface area contributed by atoms with Gasteiger partial charge < -0.3 is 5.32 Å². The molecule has 0 saturated heterocycles. The molecule has 0 aliphatic heterocycles. The minimum atomic E-state index is 0.400. The lowest BCUT2D eigenvalue weighted by molar-refractivity contribution is 0.572. The molecule has 96 valence electrons. The van der Waals surface area contributed by atoms with Crippen LogP contribution >= 0.6 is 15.9 Å². The third kappa shape index (κ3) is 3.95. The normalized spacial score (nSPS) is 11.3. The predicted octanol–water partition coefficient (Wildman–Crippen LogP) is 3.99. The molecule has 0 unspecified atom stereocenters. The molecule has 0 spiro atoms. The van der Waals surface area contributed by atoms with Gasteiger partial charge in [0.2, 0.25) is 0 Å². The van der Waals surface area contributed by atoms with Gasteiger partial charge in [-0.2, -0.15) is 0 Å². The number of hydrogen-bond donors (Lipinski definition) is 1. The summed E-state index contributed by atoms with van der Waals surface area (Å²) in [7, 11) is 1.89. The molecular formula is C13H22BrN3. The maximum absolute atomic E-state index is 4.65. The van der Waals surface area contributed by atoms with Crippen molar-refractivity contribution in [3.05, 3.63) is 16.0 Å². The fourth-order valence-electron chi connectivity index (χ4n) is 1.59. The van der Waals surface area contributed by atoms with Crippen molar-refractivity contribution in [1.82, 2.24) is 9.97 Å². The molecule has 0 amide bonds. The fraction of sp³-hybridized carbons (Fsp3) is 0.692. The van der Waals surface area contributed by atoms with Crippen LogP contribution in [-0.2, 0) is 6.42 Å². The molecule has 0 aliphatic carbocycles. The third-order valence-corrected chi connectivity index (χ3v) is 3.43. The molecule has 0 bridgehead atoms. The zero-order valence-corrected chi connectivity index (χ0v) is 12.9. The van der Waals surface area contributed by atoms with E-state index in [-0.39, 0.29) is 0 Å². The molecule has 1 rings (SSSR count). The van der Waals surface area contributed by atoms with Crippen molar-refractivity contribution in [2.75, 3.05) is 12.4 Å². The fourth-order valence-corrected chi connectivity index (χ4v) is 2.42. The van der Waals surface area contributed by atoms with Gasteiger partial charge in [0.25, 0.3) is 0 Å². The first kappa shape index (κ1) is 14.4. The topological polar surface area (TPSA) is 37.8 Å². The second-order valence-corrected chi connectivity index (χ2v) is 5.82. The molecule has 3 nitrogen and oxygen atoms in total. The van der Waals surface area contributed by atoms with E-state index >= 15 is 0 Å². The minimum absolute atomic E-state index is 0.400. The van der Waals surface area contributed by atoms with Gasteiger partial charge in [0.1, 0.15) is 11.6 Å². The Morgan fingerprint density at radius 1 is 1.18 bits per heavy atom. The summed E-state index contributed by atoms with van der Waals surface area (Å²) in [6.45, 7) is 8.75. The van der Waals surface area contributed by atoms with Crippen molar-refractivity contribution in [3.63, 3.8) is 0 Å². The highest BCUT2D eigenvalue weighted by Gasteiger charge is 2.14. The van der Waals surface area contributed by atoms with Gasteiger partial charge in [0.15, 0.2) is 0 Å². The molecule has 0 aromatic carbocycles. The van der Waals surface area contributed by atoms with E-state index in [0.717, 1.165) is 34.7 Å². The number of anilines is 1. The van der Waals surface area contributed by atoms with Crippen LogP contribution in [0.5, 0.6) is 0 Å². The maximum Gasteiger partial charge on any atom is 0.144 e. The third-order valence-electron chi connectivity index (χ3n) is 2.65. The van der Waals surface area contributed by atoms with Crippen LogP contribution in [0.3, 0.4) is 0 Å². The van der Waals surface area contributed by atoms with Crippen LogP contribution < -0.4 is 5.32 Å². The lowest BCUT2D eigenvalue weighted by atomic mass is 10.1. The van der Waals surface area contributed by atoms with Gasteiger partial charge in [-0.25, -0.2) is 9.97 Å². The summed E-state index contributed by atoms with van der Waals surface area (Å²) >= 11 is 3.57. The van der Waals surface area contributed by atoms with E-state index in [0.29, 0.717) is 11.8 Å². The van der Waals surface area contributed by atoms with E-state index < -0.39 is 0 Å². The monoisotopic (exact) mass is 299 g/mol. The minimum Gasteiger partial charge on any atom is -0.372 e. The highest BCUT2D eigenvalue weighted by atomic mass is 79.9. The molecule has 1 aromatic heterocycles. The SMILES string of the molecule is CNc1nc(CCC(C)C)nc(C(C)C)c1Br. The largest absolute Gasteiger partial charge is 0.372 e. The molecule has 0 aliphatic rings. The molecule has 0 atom stereocenters. The average molecular weight is 300 g/mol. The number of aromatic nitrogens is 2. The van der Waals surface area contributed by atoms with Gasteiger partial charge in [-0.05, 0) is 34.2 Å². The lowest BCUT2D eigenvalue weighted by Crippen LogP contribution is -2.07. The highest BCUT2D eigenvalue weighted by molar-refractivity contribution is 9.10.